The smallest absolute Gasteiger partial charge is 0.0204 e. The molecule has 0 nitrogen and oxygen atoms in total. The van der Waals surface area contributed by atoms with Crippen molar-refractivity contribution in [3.63, 3.8) is 0 Å². The minimum atomic E-state index is 0.0181. The Labute approximate surface area is 124 Å². The van der Waals surface area contributed by atoms with Gasteiger partial charge in [-0.1, -0.05) is 47.6 Å². The SMILES string of the molecule is C=CCC1=CC(CC=C)=C(CC=C)C1(CC=C)CC=C. The summed E-state index contributed by atoms with van der Waals surface area (Å²) in [4.78, 5) is 0. The molecular formula is C20H26. The van der Waals surface area contributed by atoms with Gasteiger partial charge >= 0.3 is 0 Å². The summed E-state index contributed by atoms with van der Waals surface area (Å²) in [5.41, 5.74) is 4.26. The molecule has 0 saturated carbocycles. The van der Waals surface area contributed by atoms with Crippen molar-refractivity contribution in [2.75, 3.05) is 0 Å². The fourth-order valence-corrected chi connectivity index (χ4v) is 3.24. The van der Waals surface area contributed by atoms with Crippen LogP contribution in [0.5, 0.6) is 0 Å². The molecule has 106 valence electrons. The molecule has 0 amide bonds. The molecule has 0 aliphatic heterocycles. The van der Waals surface area contributed by atoms with Crippen LogP contribution in [0.1, 0.15) is 32.1 Å². The first kappa shape index (κ1) is 16.2. The Morgan fingerprint density at radius 1 is 0.750 bits per heavy atom. The van der Waals surface area contributed by atoms with Crippen molar-refractivity contribution in [2.24, 2.45) is 5.41 Å². The lowest BCUT2D eigenvalue weighted by Crippen LogP contribution is -2.23. The Morgan fingerprint density at radius 2 is 1.30 bits per heavy atom. The molecule has 0 heteroatoms. The monoisotopic (exact) mass is 266 g/mol. The molecule has 0 fully saturated rings. The van der Waals surface area contributed by atoms with Gasteiger partial charge in [0.25, 0.3) is 0 Å². The van der Waals surface area contributed by atoms with Gasteiger partial charge in [-0.25, -0.2) is 0 Å². The van der Waals surface area contributed by atoms with Gasteiger partial charge in [-0.15, -0.1) is 32.9 Å². The second kappa shape index (κ2) is 7.69. The van der Waals surface area contributed by atoms with Crippen molar-refractivity contribution in [1.82, 2.24) is 0 Å². The van der Waals surface area contributed by atoms with Crippen molar-refractivity contribution in [3.05, 3.63) is 86.1 Å². The summed E-state index contributed by atoms with van der Waals surface area (Å²) >= 11 is 0. The summed E-state index contributed by atoms with van der Waals surface area (Å²) in [7, 11) is 0. The standard InChI is InChI=1S/C20H26/c1-6-11-17-16-18(12-7-2)20(14-9-4,15-10-5)19(17)13-8-3/h6-10,16H,1-5,11-15H2. The normalized spacial score (nSPS) is 16.5. The second-order valence-corrected chi connectivity index (χ2v) is 5.22. The Balaban J connectivity index is 3.40. The molecule has 0 bridgehead atoms. The van der Waals surface area contributed by atoms with Crippen LogP contribution in [-0.4, -0.2) is 0 Å². The number of hydrogen-bond acceptors (Lipinski definition) is 0. The van der Waals surface area contributed by atoms with E-state index in [1.165, 1.54) is 16.7 Å². The topological polar surface area (TPSA) is 0 Å². The molecule has 0 heterocycles. The summed E-state index contributed by atoms with van der Waals surface area (Å²) < 4.78 is 0. The third-order valence-electron chi connectivity index (χ3n) is 3.99. The molecule has 0 N–H and O–H groups in total. The highest BCUT2D eigenvalue weighted by Crippen LogP contribution is 2.52. The van der Waals surface area contributed by atoms with E-state index >= 15 is 0 Å². The van der Waals surface area contributed by atoms with Crippen LogP contribution in [-0.2, 0) is 0 Å². The van der Waals surface area contributed by atoms with Gasteiger partial charge in [0.1, 0.15) is 0 Å². The third-order valence-corrected chi connectivity index (χ3v) is 3.99. The van der Waals surface area contributed by atoms with Crippen LogP contribution in [0.2, 0.25) is 0 Å². The predicted octanol–water partition coefficient (Wildman–Crippen LogP) is 6.09. The lowest BCUT2D eigenvalue weighted by molar-refractivity contribution is 0.433. The van der Waals surface area contributed by atoms with E-state index in [-0.39, 0.29) is 5.41 Å². The van der Waals surface area contributed by atoms with E-state index in [1.54, 1.807) is 0 Å². The summed E-state index contributed by atoms with van der Waals surface area (Å²) in [6, 6.07) is 0. The van der Waals surface area contributed by atoms with Gasteiger partial charge in [-0.2, -0.15) is 0 Å². The molecule has 1 aliphatic carbocycles. The van der Waals surface area contributed by atoms with Crippen molar-refractivity contribution in [3.8, 4) is 0 Å². The van der Waals surface area contributed by atoms with Crippen LogP contribution in [0.3, 0.4) is 0 Å². The van der Waals surface area contributed by atoms with Gasteiger partial charge in [0.05, 0.1) is 0 Å². The van der Waals surface area contributed by atoms with Crippen LogP contribution in [0, 0.1) is 5.41 Å². The van der Waals surface area contributed by atoms with Crippen LogP contribution in [0.25, 0.3) is 0 Å². The Morgan fingerprint density at radius 3 is 1.75 bits per heavy atom. The zero-order valence-corrected chi connectivity index (χ0v) is 12.5. The highest BCUT2D eigenvalue weighted by molar-refractivity contribution is 5.50. The quantitative estimate of drug-likeness (QED) is 0.420. The number of allylic oxidation sites excluding steroid dienone is 9. The highest BCUT2D eigenvalue weighted by atomic mass is 14.4. The fourth-order valence-electron chi connectivity index (χ4n) is 3.24. The zero-order valence-electron chi connectivity index (χ0n) is 12.5. The van der Waals surface area contributed by atoms with E-state index < -0.39 is 0 Å². The molecule has 1 aliphatic rings. The molecule has 0 radical (unpaired) electrons. The van der Waals surface area contributed by atoms with E-state index in [9.17, 15) is 0 Å². The van der Waals surface area contributed by atoms with E-state index in [0.717, 1.165) is 32.1 Å². The summed E-state index contributed by atoms with van der Waals surface area (Å²) in [6.45, 7) is 19.6. The van der Waals surface area contributed by atoms with E-state index in [0.29, 0.717) is 0 Å². The number of hydrogen-bond donors (Lipinski definition) is 0. The first-order valence-electron chi connectivity index (χ1n) is 7.18. The maximum absolute atomic E-state index is 3.96. The van der Waals surface area contributed by atoms with Crippen LogP contribution < -0.4 is 0 Å². The van der Waals surface area contributed by atoms with Crippen molar-refractivity contribution in [1.29, 1.82) is 0 Å². The number of rotatable bonds is 10. The molecular weight excluding hydrogens is 240 g/mol. The molecule has 0 saturated heterocycles. The average molecular weight is 266 g/mol. The van der Waals surface area contributed by atoms with Gasteiger partial charge in [0, 0.05) is 5.41 Å². The second-order valence-electron chi connectivity index (χ2n) is 5.22. The van der Waals surface area contributed by atoms with Crippen molar-refractivity contribution < 1.29 is 0 Å². The highest BCUT2D eigenvalue weighted by Gasteiger charge is 2.39. The summed E-state index contributed by atoms with van der Waals surface area (Å²) in [5, 5.41) is 0. The summed E-state index contributed by atoms with van der Waals surface area (Å²) in [5.74, 6) is 0. The predicted molar refractivity (Wildman–Crippen MR) is 91.6 cm³/mol. The molecule has 20 heavy (non-hydrogen) atoms. The maximum atomic E-state index is 3.96. The third kappa shape index (κ3) is 3.01. The molecule has 0 atom stereocenters. The Kier molecular flexibility index (Phi) is 6.24. The van der Waals surface area contributed by atoms with Crippen LogP contribution in [0.4, 0.5) is 0 Å². The molecule has 0 aromatic heterocycles. The summed E-state index contributed by atoms with van der Waals surface area (Å²) in [6.07, 6.45) is 16.9. The molecule has 0 aromatic carbocycles. The fraction of sp³-hybridized carbons (Fsp3) is 0.300. The van der Waals surface area contributed by atoms with Crippen molar-refractivity contribution in [2.45, 2.75) is 32.1 Å². The van der Waals surface area contributed by atoms with Crippen LogP contribution >= 0.6 is 0 Å². The lowest BCUT2D eigenvalue weighted by Gasteiger charge is -2.34. The average Bonchev–Trinajstić information content (AvgIpc) is 2.68. The minimum Gasteiger partial charge on any atom is -0.103 e. The Hall–Kier alpha value is -1.82. The molecule has 0 unspecified atom stereocenters. The minimum absolute atomic E-state index is 0.0181. The van der Waals surface area contributed by atoms with Gasteiger partial charge < -0.3 is 0 Å². The molecule has 1 rings (SSSR count). The van der Waals surface area contributed by atoms with Gasteiger partial charge in [-0.3, -0.25) is 0 Å². The van der Waals surface area contributed by atoms with Crippen molar-refractivity contribution >= 4 is 0 Å². The van der Waals surface area contributed by atoms with Crippen LogP contribution in [0.15, 0.2) is 86.1 Å². The zero-order chi connectivity index (χ0) is 15.0. The van der Waals surface area contributed by atoms with Gasteiger partial charge in [0.2, 0.25) is 0 Å². The van der Waals surface area contributed by atoms with Gasteiger partial charge in [0.15, 0.2) is 0 Å². The Bertz CT molecular complexity index is 458. The van der Waals surface area contributed by atoms with Gasteiger partial charge in [-0.05, 0) is 37.7 Å². The molecule has 0 spiro atoms. The van der Waals surface area contributed by atoms with E-state index in [1.807, 2.05) is 30.4 Å². The van der Waals surface area contributed by atoms with E-state index in [2.05, 4.69) is 39.0 Å². The van der Waals surface area contributed by atoms with E-state index in [4.69, 9.17) is 0 Å². The first-order chi connectivity index (χ1) is 9.69. The largest absolute Gasteiger partial charge is 0.103 e. The molecule has 0 aromatic rings. The lowest BCUT2D eigenvalue weighted by atomic mass is 9.69. The first-order valence-corrected chi connectivity index (χ1v) is 7.18. The maximum Gasteiger partial charge on any atom is 0.0204 e.